The first kappa shape index (κ1) is 20.6. The van der Waals surface area contributed by atoms with E-state index in [2.05, 4.69) is 5.32 Å². The number of hydrogen-bond acceptors (Lipinski definition) is 5. The van der Waals surface area contributed by atoms with Gasteiger partial charge in [-0.05, 0) is 31.5 Å². The van der Waals surface area contributed by atoms with Gasteiger partial charge < -0.3 is 19.9 Å². The highest BCUT2D eigenvalue weighted by atomic mass is 32.1. The molecule has 0 bridgehead atoms. The van der Waals surface area contributed by atoms with Crippen molar-refractivity contribution < 1.29 is 19.4 Å². The SMILES string of the molecule is Cc1sc(COCCCO)cc1NC(=O)CC1c2ccccc2Oc2ccccc21. The topological polar surface area (TPSA) is 67.8 Å². The fraction of sp³-hybridized carbons (Fsp3) is 0.292. The van der Waals surface area contributed by atoms with Gasteiger partial charge in [0, 0.05) is 46.4 Å². The molecule has 5 nitrogen and oxygen atoms in total. The molecule has 6 heteroatoms. The standard InChI is InChI=1S/C24H25NO4S/c1-16-21(13-17(30-16)15-28-12-6-11-26)25-24(27)14-20-18-7-2-4-9-22(18)29-23-10-5-3-8-19(20)23/h2-5,7-10,13,20,26H,6,11-12,14-15H2,1H3,(H,25,27). The summed E-state index contributed by atoms with van der Waals surface area (Å²) in [6.07, 6.45) is 0.969. The van der Waals surface area contributed by atoms with Crippen molar-refractivity contribution >= 4 is 22.9 Å². The first-order chi connectivity index (χ1) is 14.7. The normalized spacial score (nSPS) is 12.7. The minimum absolute atomic E-state index is 0.0276. The number of thiophene rings is 1. The molecule has 0 spiro atoms. The molecule has 0 atom stereocenters. The molecule has 0 aliphatic carbocycles. The van der Waals surface area contributed by atoms with Crippen LogP contribution in [0.4, 0.5) is 5.69 Å². The molecule has 0 unspecified atom stereocenters. The fourth-order valence-corrected chi connectivity index (χ4v) is 4.63. The number of hydrogen-bond donors (Lipinski definition) is 2. The first-order valence-corrected chi connectivity index (χ1v) is 10.9. The molecule has 0 radical (unpaired) electrons. The van der Waals surface area contributed by atoms with Gasteiger partial charge >= 0.3 is 0 Å². The Labute approximate surface area is 180 Å². The number of aliphatic hydroxyl groups is 1. The second-order valence-corrected chi connectivity index (χ2v) is 8.64. The van der Waals surface area contributed by atoms with Gasteiger partial charge in [0.15, 0.2) is 0 Å². The number of rotatable bonds is 8. The summed E-state index contributed by atoms with van der Waals surface area (Å²) < 4.78 is 11.6. The largest absolute Gasteiger partial charge is 0.457 e. The molecular formula is C24H25NO4S. The van der Waals surface area contributed by atoms with Crippen molar-refractivity contribution in [1.82, 2.24) is 0 Å². The van der Waals surface area contributed by atoms with Crippen LogP contribution in [0.15, 0.2) is 54.6 Å². The van der Waals surface area contributed by atoms with E-state index in [1.807, 2.05) is 61.5 Å². The number of amides is 1. The molecule has 30 heavy (non-hydrogen) atoms. The molecule has 2 N–H and O–H groups in total. The van der Waals surface area contributed by atoms with E-state index in [9.17, 15) is 4.79 Å². The van der Waals surface area contributed by atoms with Crippen LogP contribution in [0.2, 0.25) is 0 Å². The van der Waals surface area contributed by atoms with Crippen LogP contribution < -0.4 is 10.1 Å². The van der Waals surface area contributed by atoms with Gasteiger partial charge in [-0.1, -0.05) is 36.4 Å². The molecule has 2 heterocycles. The van der Waals surface area contributed by atoms with Crippen molar-refractivity contribution in [2.75, 3.05) is 18.5 Å². The average Bonchev–Trinajstić information content (AvgIpc) is 3.10. The van der Waals surface area contributed by atoms with Gasteiger partial charge in [0.1, 0.15) is 11.5 Å². The van der Waals surface area contributed by atoms with Crippen molar-refractivity contribution in [3.63, 3.8) is 0 Å². The number of ether oxygens (including phenoxy) is 2. The Kier molecular flexibility index (Phi) is 6.47. The first-order valence-electron chi connectivity index (χ1n) is 10.1. The van der Waals surface area contributed by atoms with Gasteiger partial charge in [0.2, 0.25) is 5.91 Å². The second kappa shape index (κ2) is 9.43. The summed E-state index contributed by atoms with van der Waals surface area (Å²) in [6.45, 7) is 3.14. The molecule has 3 aromatic rings. The second-order valence-electron chi connectivity index (χ2n) is 7.29. The summed E-state index contributed by atoms with van der Waals surface area (Å²) in [5.74, 6) is 1.54. The zero-order valence-corrected chi connectivity index (χ0v) is 17.7. The van der Waals surface area contributed by atoms with Gasteiger partial charge in [-0.25, -0.2) is 0 Å². The van der Waals surface area contributed by atoms with Crippen molar-refractivity contribution in [2.24, 2.45) is 0 Å². The monoisotopic (exact) mass is 423 g/mol. The van der Waals surface area contributed by atoms with Gasteiger partial charge in [0.05, 0.1) is 12.3 Å². The highest BCUT2D eigenvalue weighted by Gasteiger charge is 2.28. The van der Waals surface area contributed by atoms with Crippen LogP contribution in [0, 0.1) is 6.92 Å². The van der Waals surface area contributed by atoms with E-state index in [1.54, 1.807) is 11.3 Å². The maximum atomic E-state index is 13.0. The quantitative estimate of drug-likeness (QED) is 0.487. The Morgan fingerprint density at radius 1 is 1.13 bits per heavy atom. The molecular weight excluding hydrogens is 398 g/mol. The number of para-hydroxylation sites is 2. The zero-order chi connectivity index (χ0) is 20.9. The number of fused-ring (bicyclic) bond motifs is 2. The summed E-state index contributed by atoms with van der Waals surface area (Å²) in [4.78, 5) is 15.1. The number of carbonyl (C=O) groups excluding carboxylic acids is 1. The van der Waals surface area contributed by atoms with Crippen LogP contribution in [-0.2, 0) is 16.1 Å². The Morgan fingerprint density at radius 3 is 2.47 bits per heavy atom. The molecule has 1 aliphatic rings. The highest BCUT2D eigenvalue weighted by molar-refractivity contribution is 7.12. The predicted octanol–water partition coefficient (Wildman–Crippen LogP) is 5.22. The molecule has 1 amide bonds. The lowest BCUT2D eigenvalue weighted by Crippen LogP contribution is -2.19. The lowest BCUT2D eigenvalue weighted by molar-refractivity contribution is -0.116. The van der Waals surface area contributed by atoms with Crippen molar-refractivity contribution in [2.45, 2.75) is 32.3 Å². The van der Waals surface area contributed by atoms with Crippen LogP contribution in [-0.4, -0.2) is 24.2 Å². The van der Waals surface area contributed by atoms with Crippen LogP contribution in [0.1, 0.15) is 39.6 Å². The zero-order valence-electron chi connectivity index (χ0n) is 16.9. The minimum atomic E-state index is -0.0497. The van der Waals surface area contributed by atoms with Crippen molar-refractivity contribution in [3.05, 3.63) is 75.5 Å². The van der Waals surface area contributed by atoms with Gasteiger partial charge in [-0.3, -0.25) is 4.79 Å². The highest BCUT2D eigenvalue weighted by Crippen LogP contribution is 2.45. The summed E-state index contributed by atoms with van der Waals surface area (Å²) >= 11 is 1.62. The molecule has 0 saturated heterocycles. The van der Waals surface area contributed by atoms with Crippen LogP contribution >= 0.6 is 11.3 Å². The third kappa shape index (κ3) is 4.56. The lowest BCUT2D eigenvalue weighted by Gasteiger charge is -2.27. The smallest absolute Gasteiger partial charge is 0.225 e. The van der Waals surface area contributed by atoms with E-state index < -0.39 is 0 Å². The van der Waals surface area contributed by atoms with E-state index in [-0.39, 0.29) is 18.4 Å². The maximum absolute atomic E-state index is 13.0. The number of benzene rings is 2. The van der Waals surface area contributed by atoms with Gasteiger partial charge in [0.25, 0.3) is 0 Å². The predicted molar refractivity (Wildman–Crippen MR) is 118 cm³/mol. The van der Waals surface area contributed by atoms with E-state index in [0.717, 1.165) is 38.1 Å². The third-order valence-corrected chi connectivity index (χ3v) is 6.16. The van der Waals surface area contributed by atoms with Gasteiger partial charge in [-0.2, -0.15) is 0 Å². The Balaban J connectivity index is 1.47. The van der Waals surface area contributed by atoms with E-state index in [4.69, 9.17) is 14.6 Å². The molecule has 2 aromatic carbocycles. The Morgan fingerprint density at radius 2 is 1.80 bits per heavy atom. The van der Waals surface area contributed by atoms with Crippen LogP contribution in [0.25, 0.3) is 0 Å². The third-order valence-electron chi connectivity index (χ3n) is 5.13. The molecule has 4 rings (SSSR count). The average molecular weight is 424 g/mol. The molecule has 0 saturated carbocycles. The summed E-state index contributed by atoms with van der Waals surface area (Å²) in [6, 6.07) is 17.8. The number of anilines is 1. The summed E-state index contributed by atoms with van der Waals surface area (Å²) in [7, 11) is 0. The van der Waals surface area contributed by atoms with E-state index in [1.165, 1.54) is 0 Å². The van der Waals surface area contributed by atoms with E-state index >= 15 is 0 Å². The summed E-state index contributed by atoms with van der Waals surface area (Å²) in [5, 5.41) is 11.9. The molecule has 0 fully saturated rings. The van der Waals surface area contributed by atoms with Crippen molar-refractivity contribution in [1.29, 1.82) is 0 Å². The van der Waals surface area contributed by atoms with Crippen LogP contribution in [0.3, 0.4) is 0 Å². The fourth-order valence-electron chi connectivity index (χ4n) is 3.69. The lowest BCUT2D eigenvalue weighted by atomic mass is 9.85. The number of carbonyl (C=O) groups is 1. The number of aryl methyl sites for hydroxylation is 1. The van der Waals surface area contributed by atoms with E-state index in [0.29, 0.717) is 26.1 Å². The summed E-state index contributed by atoms with van der Waals surface area (Å²) in [5.41, 5.74) is 2.90. The number of nitrogens with one attached hydrogen (secondary N) is 1. The molecule has 1 aromatic heterocycles. The van der Waals surface area contributed by atoms with Gasteiger partial charge in [-0.15, -0.1) is 11.3 Å². The molecule has 156 valence electrons. The minimum Gasteiger partial charge on any atom is -0.457 e. The number of aliphatic hydroxyl groups excluding tert-OH is 1. The Hall–Kier alpha value is -2.67. The van der Waals surface area contributed by atoms with Crippen molar-refractivity contribution in [3.8, 4) is 11.5 Å². The van der Waals surface area contributed by atoms with Crippen LogP contribution in [0.5, 0.6) is 11.5 Å². The maximum Gasteiger partial charge on any atom is 0.225 e. The Bertz CT molecular complexity index is 984. The molecule has 1 aliphatic heterocycles.